The summed E-state index contributed by atoms with van der Waals surface area (Å²) in [7, 11) is 0. The van der Waals surface area contributed by atoms with E-state index in [9.17, 15) is 24.0 Å². The molecule has 0 rings (SSSR count). The lowest BCUT2D eigenvalue weighted by Crippen LogP contribution is -2.67. The molecule has 0 unspecified atom stereocenters. The first-order chi connectivity index (χ1) is 47.0. The number of carbonyl (C=O) groups is 5. The zero-order valence-electron chi connectivity index (χ0n) is 64.7. The topological polar surface area (TPSA) is 188 Å². The van der Waals surface area contributed by atoms with E-state index in [0.717, 1.165) is 64.2 Å². The molecule has 0 fully saturated rings. The molecule has 0 aliphatic carbocycles. The van der Waals surface area contributed by atoms with Gasteiger partial charge in [-0.25, -0.2) is 0 Å². The number of hydrogen-bond donors (Lipinski definition) is 8. The van der Waals surface area contributed by atoms with Gasteiger partial charge in [-0.05, 0) is 39.0 Å². The van der Waals surface area contributed by atoms with E-state index in [1.54, 1.807) is 0 Å². The van der Waals surface area contributed by atoms with Gasteiger partial charge in [0.05, 0.1) is 0 Å². The van der Waals surface area contributed by atoms with Crippen LogP contribution in [0.5, 0.6) is 0 Å². The fourth-order valence-electron chi connectivity index (χ4n) is 13.0. The van der Waals surface area contributed by atoms with Crippen LogP contribution in [0.3, 0.4) is 0 Å². The van der Waals surface area contributed by atoms with E-state index < -0.39 is 5.79 Å². The first kappa shape index (κ1) is 93.2. The Morgan fingerprint density at radius 2 is 0.438 bits per heavy atom. The number of unbranched alkanes of at least 4 members (excludes halogenated alkanes) is 45. The largest absolute Gasteiger partial charge is 0.356 e. The van der Waals surface area contributed by atoms with Gasteiger partial charge in [-0.1, -0.05) is 324 Å². The summed E-state index contributed by atoms with van der Waals surface area (Å²) in [5.41, 5.74) is 0. The highest BCUT2D eigenvalue weighted by Gasteiger charge is 2.31. The molecule has 0 heterocycles. The molecule has 0 aromatic carbocycles. The van der Waals surface area contributed by atoms with Gasteiger partial charge in [0.25, 0.3) is 0 Å². The third-order valence-corrected chi connectivity index (χ3v) is 19.6. The Kier molecular flexibility index (Phi) is 72.6. The first-order valence-electron chi connectivity index (χ1n) is 42.1. The van der Waals surface area contributed by atoms with E-state index in [2.05, 4.69) is 93.9 Å². The van der Waals surface area contributed by atoms with Crippen molar-refractivity contribution in [2.24, 2.45) is 0 Å². The van der Waals surface area contributed by atoms with E-state index >= 15 is 0 Å². The molecule has 96 heavy (non-hydrogen) atoms. The molecular weight excluding hydrogens is 1190 g/mol. The fourth-order valence-corrected chi connectivity index (χ4v) is 13.0. The minimum absolute atomic E-state index is 0.0226. The van der Waals surface area contributed by atoms with Gasteiger partial charge in [0, 0.05) is 124 Å². The lowest BCUT2D eigenvalue weighted by molar-refractivity contribution is -0.123. The van der Waals surface area contributed by atoms with Gasteiger partial charge in [-0.2, -0.15) is 0 Å². The molecule has 5 amide bonds. The molecule has 15 heteroatoms. The zero-order valence-corrected chi connectivity index (χ0v) is 64.7. The van der Waals surface area contributed by atoms with E-state index in [4.69, 9.17) is 0 Å². The highest BCUT2D eigenvalue weighted by molar-refractivity contribution is 5.77. The van der Waals surface area contributed by atoms with Crippen molar-refractivity contribution in [1.82, 2.24) is 52.3 Å². The number of carbonyl (C=O) groups excluding carboxylic acids is 5. The quantitative estimate of drug-likeness (QED) is 0.0215. The van der Waals surface area contributed by atoms with Crippen molar-refractivity contribution in [3.8, 4) is 0 Å². The average molecular weight is 1360 g/mol. The second-order valence-electron chi connectivity index (χ2n) is 28.9. The molecule has 0 aliphatic rings. The normalized spacial score (nSPS) is 11.7. The van der Waals surface area contributed by atoms with Crippen LogP contribution in [0.2, 0.25) is 0 Å². The van der Waals surface area contributed by atoms with Crippen LogP contribution in [0.15, 0.2) is 0 Å². The molecule has 15 nitrogen and oxygen atoms in total. The Labute approximate surface area is 595 Å². The molecule has 0 aromatic heterocycles. The van der Waals surface area contributed by atoms with Crippen LogP contribution >= 0.6 is 0 Å². The Bertz CT molecular complexity index is 1610. The number of rotatable bonds is 79. The standard InChI is InChI=1S/C81H164N10O5/c1-7-12-17-22-27-32-37-42-47-52-62-83-76(92)57-67-88-81(6,89-68-58-77(93)84-63-53-48-43-38-33-28-23-18-13-8-2)91(73-61-80(96)87-66-56-51-46-41-36-31-26-21-16-11-5)75-70-82-69-74-90(71-59-78(94)85-64-54-49-44-39-34-29-24-19-14-9-3)72-60-79(95)86-65-55-50-45-40-35-30-25-20-15-10-4/h82,88-89H,7-75H2,1-6H3,(H,83,92)(H,84,93)(H,85,94)(H,86,95)(H,87,96). The first-order valence-corrected chi connectivity index (χ1v) is 42.1. The maximum Gasteiger partial charge on any atom is 0.221 e. The average Bonchev–Trinajstić information content (AvgIpc) is 0.954. The van der Waals surface area contributed by atoms with Gasteiger partial charge < -0.3 is 36.8 Å². The van der Waals surface area contributed by atoms with Gasteiger partial charge in [-0.3, -0.25) is 39.5 Å². The second kappa shape index (κ2) is 74.8. The van der Waals surface area contributed by atoms with Crippen molar-refractivity contribution in [1.29, 1.82) is 0 Å². The van der Waals surface area contributed by atoms with Crippen LogP contribution < -0.4 is 42.5 Å². The SMILES string of the molecule is CCCCCCCCCCCCNC(=O)CCNC(C)(NCCC(=O)NCCCCCCCCCCCC)N(CCNCCN(CCC(=O)NCCCCCCCCCCCC)CCC(=O)NCCCCCCCCCCCC)CCC(=O)NCCCCCCCCCCCC. The van der Waals surface area contributed by atoms with Gasteiger partial charge in [0.2, 0.25) is 29.5 Å². The van der Waals surface area contributed by atoms with Gasteiger partial charge in [0.15, 0.2) is 0 Å². The Hall–Kier alpha value is -2.85. The Morgan fingerprint density at radius 1 is 0.229 bits per heavy atom. The number of nitrogens with one attached hydrogen (secondary N) is 8. The molecule has 0 saturated heterocycles. The molecule has 0 radical (unpaired) electrons. The summed E-state index contributed by atoms with van der Waals surface area (Å²) in [5.74, 6) is -0.645. The van der Waals surface area contributed by atoms with Gasteiger partial charge in [-0.15, -0.1) is 0 Å². The molecule has 0 atom stereocenters. The molecule has 568 valence electrons. The van der Waals surface area contributed by atoms with Crippen molar-refractivity contribution in [3.05, 3.63) is 0 Å². The monoisotopic (exact) mass is 1360 g/mol. The summed E-state index contributed by atoms with van der Waals surface area (Å²) in [6.45, 7) is 21.8. The smallest absolute Gasteiger partial charge is 0.221 e. The highest BCUT2D eigenvalue weighted by Crippen LogP contribution is 2.16. The van der Waals surface area contributed by atoms with Gasteiger partial charge >= 0.3 is 0 Å². The van der Waals surface area contributed by atoms with Crippen LogP contribution in [0, 0.1) is 0 Å². The predicted octanol–water partition coefficient (Wildman–Crippen LogP) is 18.2. The maximum absolute atomic E-state index is 13.7. The summed E-state index contributed by atoms with van der Waals surface area (Å²) in [4.78, 5) is 71.4. The van der Waals surface area contributed by atoms with Gasteiger partial charge in [0.1, 0.15) is 5.79 Å². The zero-order chi connectivity index (χ0) is 70.0. The lowest BCUT2D eigenvalue weighted by Gasteiger charge is -2.43. The number of hydrogen-bond acceptors (Lipinski definition) is 10. The highest BCUT2D eigenvalue weighted by atomic mass is 16.2. The molecular formula is C81H164N10O5. The maximum atomic E-state index is 13.7. The van der Waals surface area contributed by atoms with Crippen molar-refractivity contribution in [2.45, 2.75) is 400 Å². The Balaban J connectivity index is 6.08. The predicted molar refractivity (Wildman–Crippen MR) is 413 cm³/mol. The number of amides is 5. The second-order valence-corrected chi connectivity index (χ2v) is 28.9. The van der Waals surface area contributed by atoms with Crippen LogP contribution in [0.1, 0.15) is 395 Å². The van der Waals surface area contributed by atoms with Crippen LogP contribution in [-0.4, -0.2) is 137 Å². The molecule has 8 N–H and O–H groups in total. The van der Waals surface area contributed by atoms with Crippen molar-refractivity contribution in [3.63, 3.8) is 0 Å². The summed E-state index contributed by atoms with van der Waals surface area (Å²) < 4.78 is 0. The van der Waals surface area contributed by atoms with Crippen molar-refractivity contribution >= 4 is 29.5 Å². The minimum Gasteiger partial charge on any atom is -0.356 e. The summed E-state index contributed by atoms with van der Waals surface area (Å²) in [6, 6.07) is 0. The number of nitrogens with zero attached hydrogens (tertiary/aromatic N) is 2. The summed E-state index contributed by atoms with van der Waals surface area (Å²) in [6.07, 6.45) is 64.5. The molecule has 0 saturated carbocycles. The van der Waals surface area contributed by atoms with Crippen LogP contribution in [-0.2, 0) is 24.0 Å². The molecule has 0 spiro atoms. The third-order valence-electron chi connectivity index (χ3n) is 19.6. The fraction of sp³-hybridized carbons (Fsp3) is 0.938. The van der Waals surface area contributed by atoms with Crippen molar-refractivity contribution in [2.75, 3.05) is 91.6 Å². The van der Waals surface area contributed by atoms with E-state index in [1.165, 1.54) is 257 Å². The van der Waals surface area contributed by atoms with Crippen LogP contribution in [0.4, 0.5) is 0 Å². The Morgan fingerprint density at radius 3 is 0.688 bits per heavy atom. The molecule has 0 bridgehead atoms. The summed E-state index contributed by atoms with van der Waals surface area (Å²) in [5, 5.41) is 27.1. The van der Waals surface area contributed by atoms with Crippen molar-refractivity contribution < 1.29 is 24.0 Å². The molecule has 0 aliphatic heterocycles. The van der Waals surface area contributed by atoms with E-state index in [1.807, 2.05) is 0 Å². The van der Waals surface area contributed by atoms with E-state index in [-0.39, 0.29) is 29.5 Å². The van der Waals surface area contributed by atoms with Crippen LogP contribution in [0.25, 0.3) is 0 Å². The van der Waals surface area contributed by atoms with E-state index in [0.29, 0.717) is 124 Å². The summed E-state index contributed by atoms with van der Waals surface area (Å²) >= 11 is 0. The minimum atomic E-state index is -0.847. The molecule has 0 aromatic rings. The lowest BCUT2D eigenvalue weighted by atomic mass is 10.1. The third kappa shape index (κ3) is 67.0.